The average Bonchev–Trinajstić information content (AvgIpc) is 2.75. The van der Waals surface area contributed by atoms with E-state index in [1.807, 2.05) is 0 Å². The number of rotatable bonds is 3. The van der Waals surface area contributed by atoms with Gasteiger partial charge in [0.1, 0.15) is 5.15 Å². The Morgan fingerprint density at radius 3 is 2.88 bits per heavy atom. The molecule has 0 aliphatic carbocycles. The standard InChI is InChI=1S/C10H14Cl2N4.ClH/c1-16(8-2-3-13-5-8)6-7-4-14-10(12)15-9(7)11;/h4,8,13H,2-3,5-6H2,1H3;1H/t8-;/m0./s1. The van der Waals surface area contributed by atoms with Crippen LogP contribution in [-0.2, 0) is 6.54 Å². The molecule has 1 aliphatic heterocycles. The molecule has 1 aromatic rings. The van der Waals surface area contributed by atoms with Crippen molar-refractivity contribution < 1.29 is 0 Å². The SMILES string of the molecule is CN(Cc1cnc(Cl)nc1Cl)[C@H]1CCNC1.Cl. The van der Waals surface area contributed by atoms with E-state index < -0.39 is 0 Å². The largest absolute Gasteiger partial charge is 0.315 e. The van der Waals surface area contributed by atoms with Gasteiger partial charge >= 0.3 is 0 Å². The monoisotopic (exact) mass is 296 g/mol. The lowest BCUT2D eigenvalue weighted by atomic mass is 10.2. The molecule has 2 heterocycles. The Balaban J connectivity index is 0.00000144. The van der Waals surface area contributed by atoms with Crippen molar-refractivity contribution in [3.8, 4) is 0 Å². The van der Waals surface area contributed by atoms with Crippen LogP contribution in [0.1, 0.15) is 12.0 Å². The summed E-state index contributed by atoms with van der Waals surface area (Å²) < 4.78 is 0. The number of hydrogen-bond donors (Lipinski definition) is 1. The van der Waals surface area contributed by atoms with E-state index in [0.717, 1.165) is 25.2 Å². The van der Waals surface area contributed by atoms with Gasteiger partial charge in [-0.3, -0.25) is 4.90 Å². The highest BCUT2D eigenvalue weighted by atomic mass is 35.5. The fourth-order valence-electron chi connectivity index (χ4n) is 1.89. The van der Waals surface area contributed by atoms with Crippen LogP contribution in [0.3, 0.4) is 0 Å². The molecule has 1 atom stereocenters. The molecule has 0 bridgehead atoms. The Labute approximate surface area is 117 Å². The first-order chi connectivity index (χ1) is 7.66. The van der Waals surface area contributed by atoms with Crippen LogP contribution in [0.15, 0.2) is 6.20 Å². The molecule has 2 rings (SSSR count). The highest BCUT2D eigenvalue weighted by molar-refractivity contribution is 6.32. The second-order valence-corrected chi connectivity index (χ2v) is 4.71. The molecule has 1 saturated heterocycles. The van der Waals surface area contributed by atoms with E-state index in [9.17, 15) is 0 Å². The summed E-state index contributed by atoms with van der Waals surface area (Å²) in [5, 5.41) is 3.97. The van der Waals surface area contributed by atoms with E-state index in [4.69, 9.17) is 23.2 Å². The van der Waals surface area contributed by atoms with Crippen LogP contribution in [0.5, 0.6) is 0 Å². The van der Waals surface area contributed by atoms with Crippen LogP contribution in [0, 0.1) is 0 Å². The van der Waals surface area contributed by atoms with Gasteiger partial charge in [0.15, 0.2) is 0 Å². The van der Waals surface area contributed by atoms with E-state index in [-0.39, 0.29) is 17.7 Å². The Kier molecular flexibility index (Phi) is 5.89. The van der Waals surface area contributed by atoms with Gasteiger partial charge in [-0.15, -0.1) is 12.4 Å². The molecule has 17 heavy (non-hydrogen) atoms. The fourth-order valence-corrected chi connectivity index (χ4v) is 2.25. The van der Waals surface area contributed by atoms with Gasteiger partial charge in [0, 0.05) is 30.9 Å². The minimum absolute atomic E-state index is 0. The highest BCUT2D eigenvalue weighted by Crippen LogP contribution is 2.17. The Bertz CT molecular complexity index is 369. The van der Waals surface area contributed by atoms with Crippen LogP contribution in [0.25, 0.3) is 0 Å². The summed E-state index contributed by atoms with van der Waals surface area (Å²) in [7, 11) is 2.09. The highest BCUT2D eigenvalue weighted by Gasteiger charge is 2.20. The minimum atomic E-state index is 0. The summed E-state index contributed by atoms with van der Waals surface area (Å²) in [5.41, 5.74) is 0.917. The predicted molar refractivity (Wildman–Crippen MR) is 72.0 cm³/mol. The predicted octanol–water partition coefficient (Wildman–Crippen LogP) is 2.00. The summed E-state index contributed by atoms with van der Waals surface area (Å²) in [6.07, 6.45) is 2.86. The number of hydrogen-bond acceptors (Lipinski definition) is 4. The molecule has 0 unspecified atom stereocenters. The van der Waals surface area contributed by atoms with Gasteiger partial charge in [0.25, 0.3) is 0 Å². The molecule has 1 aliphatic rings. The van der Waals surface area contributed by atoms with Crippen molar-refractivity contribution >= 4 is 35.6 Å². The minimum Gasteiger partial charge on any atom is -0.315 e. The Morgan fingerprint density at radius 1 is 1.53 bits per heavy atom. The normalized spacial score (nSPS) is 19.4. The molecule has 1 N–H and O–H groups in total. The maximum absolute atomic E-state index is 6.00. The third-order valence-corrected chi connectivity index (χ3v) is 3.37. The van der Waals surface area contributed by atoms with Gasteiger partial charge in [0.2, 0.25) is 5.28 Å². The van der Waals surface area contributed by atoms with Crippen molar-refractivity contribution in [2.24, 2.45) is 0 Å². The molecular weight excluding hydrogens is 282 g/mol. The van der Waals surface area contributed by atoms with Gasteiger partial charge in [0.05, 0.1) is 0 Å². The maximum atomic E-state index is 6.00. The number of aromatic nitrogens is 2. The molecular formula is C10H15Cl3N4. The molecule has 96 valence electrons. The van der Waals surface area contributed by atoms with E-state index in [1.165, 1.54) is 6.42 Å². The van der Waals surface area contributed by atoms with Crippen LogP contribution >= 0.6 is 35.6 Å². The summed E-state index contributed by atoms with van der Waals surface area (Å²) in [4.78, 5) is 10.1. The van der Waals surface area contributed by atoms with Crippen LogP contribution in [0.2, 0.25) is 10.4 Å². The molecule has 0 radical (unpaired) electrons. The zero-order valence-corrected chi connectivity index (χ0v) is 11.8. The lowest BCUT2D eigenvalue weighted by Crippen LogP contribution is -2.33. The van der Waals surface area contributed by atoms with Crippen LogP contribution < -0.4 is 5.32 Å². The van der Waals surface area contributed by atoms with E-state index in [0.29, 0.717) is 11.2 Å². The lowest BCUT2D eigenvalue weighted by molar-refractivity contribution is 0.248. The van der Waals surface area contributed by atoms with E-state index in [1.54, 1.807) is 6.20 Å². The van der Waals surface area contributed by atoms with Gasteiger partial charge in [-0.1, -0.05) is 11.6 Å². The Morgan fingerprint density at radius 2 is 2.29 bits per heavy atom. The zero-order valence-electron chi connectivity index (χ0n) is 9.49. The number of halogens is 3. The van der Waals surface area contributed by atoms with Crippen molar-refractivity contribution in [3.05, 3.63) is 22.2 Å². The first kappa shape index (κ1) is 14.9. The quantitative estimate of drug-likeness (QED) is 0.684. The van der Waals surface area contributed by atoms with Gasteiger partial charge < -0.3 is 5.32 Å². The first-order valence-electron chi connectivity index (χ1n) is 5.24. The zero-order chi connectivity index (χ0) is 11.5. The maximum Gasteiger partial charge on any atom is 0.223 e. The molecule has 0 spiro atoms. The molecule has 0 saturated carbocycles. The van der Waals surface area contributed by atoms with Gasteiger partial charge in [-0.2, -0.15) is 0 Å². The van der Waals surface area contributed by atoms with E-state index >= 15 is 0 Å². The topological polar surface area (TPSA) is 41.1 Å². The lowest BCUT2D eigenvalue weighted by Gasteiger charge is -2.23. The van der Waals surface area contributed by atoms with Crippen molar-refractivity contribution in [2.75, 3.05) is 20.1 Å². The third-order valence-electron chi connectivity index (χ3n) is 2.86. The molecule has 1 aromatic heterocycles. The third kappa shape index (κ3) is 3.93. The first-order valence-corrected chi connectivity index (χ1v) is 6.00. The van der Waals surface area contributed by atoms with Crippen molar-refractivity contribution in [2.45, 2.75) is 19.0 Å². The summed E-state index contributed by atoms with van der Waals surface area (Å²) in [5.74, 6) is 0. The Hall–Kier alpha value is -0.130. The molecule has 7 heteroatoms. The van der Waals surface area contributed by atoms with Crippen molar-refractivity contribution in [1.29, 1.82) is 0 Å². The number of likely N-dealkylation sites (N-methyl/N-ethyl adjacent to an activating group) is 1. The summed E-state index contributed by atoms with van der Waals surface area (Å²) >= 11 is 11.7. The number of nitrogens with zero attached hydrogens (tertiary/aromatic N) is 3. The second kappa shape index (κ2) is 6.71. The second-order valence-electron chi connectivity index (χ2n) is 4.02. The van der Waals surface area contributed by atoms with Crippen LogP contribution in [-0.4, -0.2) is 41.0 Å². The van der Waals surface area contributed by atoms with Crippen molar-refractivity contribution in [1.82, 2.24) is 20.2 Å². The van der Waals surface area contributed by atoms with Gasteiger partial charge in [-0.25, -0.2) is 9.97 Å². The van der Waals surface area contributed by atoms with Crippen LogP contribution in [0.4, 0.5) is 0 Å². The average molecular weight is 298 g/mol. The molecule has 0 aromatic carbocycles. The number of nitrogens with one attached hydrogen (secondary N) is 1. The van der Waals surface area contributed by atoms with Crippen molar-refractivity contribution in [3.63, 3.8) is 0 Å². The van der Waals surface area contributed by atoms with E-state index in [2.05, 4.69) is 27.2 Å². The fraction of sp³-hybridized carbons (Fsp3) is 0.600. The molecule has 0 amide bonds. The van der Waals surface area contributed by atoms with Gasteiger partial charge in [-0.05, 0) is 31.6 Å². The summed E-state index contributed by atoms with van der Waals surface area (Å²) in [6.45, 7) is 2.87. The smallest absolute Gasteiger partial charge is 0.223 e. The molecule has 1 fully saturated rings. The summed E-state index contributed by atoms with van der Waals surface area (Å²) in [6, 6.07) is 0.562. The molecule has 4 nitrogen and oxygen atoms in total.